The van der Waals surface area contributed by atoms with Gasteiger partial charge in [0.25, 0.3) is 0 Å². The number of rotatable bonds is 4. The van der Waals surface area contributed by atoms with Gasteiger partial charge in [0, 0.05) is 18.1 Å². The Bertz CT molecular complexity index is 278. The molecule has 3 heteroatoms. The monoisotopic (exact) mass is 266 g/mol. The predicted molar refractivity (Wildman–Crippen MR) is 78.1 cm³/mol. The van der Waals surface area contributed by atoms with Gasteiger partial charge in [-0.05, 0) is 38.5 Å². The smallest absolute Gasteiger partial charge is 0.0731 e. The van der Waals surface area contributed by atoms with Gasteiger partial charge >= 0.3 is 0 Å². The van der Waals surface area contributed by atoms with Gasteiger partial charge in [0.1, 0.15) is 0 Å². The minimum Gasteiger partial charge on any atom is -0.373 e. The molecule has 3 aliphatic carbocycles. The third-order valence-electron chi connectivity index (χ3n) is 5.37. The van der Waals surface area contributed by atoms with Gasteiger partial charge in [-0.1, -0.05) is 32.1 Å². The van der Waals surface area contributed by atoms with Crippen molar-refractivity contribution in [1.82, 2.24) is 5.32 Å². The van der Waals surface area contributed by atoms with Crippen molar-refractivity contribution >= 4 is 0 Å². The van der Waals surface area contributed by atoms with Gasteiger partial charge in [-0.3, -0.25) is 0 Å². The van der Waals surface area contributed by atoms with Crippen LogP contribution in [0.1, 0.15) is 70.6 Å². The lowest BCUT2D eigenvalue weighted by atomic mass is 9.91. The molecule has 0 saturated heterocycles. The summed E-state index contributed by atoms with van der Waals surface area (Å²) in [6.07, 6.45) is 15.2. The maximum absolute atomic E-state index is 6.41. The molecule has 3 rings (SSSR count). The number of nitrogens with one attached hydrogen (secondary N) is 1. The minimum atomic E-state index is 0.369. The minimum absolute atomic E-state index is 0.369. The lowest BCUT2D eigenvalue weighted by Gasteiger charge is -2.36. The Morgan fingerprint density at radius 1 is 0.737 bits per heavy atom. The van der Waals surface area contributed by atoms with Crippen LogP contribution in [0.2, 0.25) is 0 Å². The van der Waals surface area contributed by atoms with Gasteiger partial charge in [0.2, 0.25) is 0 Å². The van der Waals surface area contributed by atoms with Crippen LogP contribution in [0.25, 0.3) is 0 Å². The van der Waals surface area contributed by atoms with Gasteiger partial charge in [0.15, 0.2) is 0 Å². The highest BCUT2D eigenvalue weighted by Gasteiger charge is 2.33. The van der Waals surface area contributed by atoms with E-state index in [1.54, 1.807) is 0 Å². The van der Waals surface area contributed by atoms with Crippen molar-refractivity contribution < 1.29 is 4.74 Å². The number of ether oxygens (including phenoxy) is 1. The van der Waals surface area contributed by atoms with Crippen LogP contribution in [0, 0.1) is 0 Å². The van der Waals surface area contributed by atoms with Crippen LogP contribution >= 0.6 is 0 Å². The van der Waals surface area contributed by atoms with Crippen LogP contribution in [0.3, 0.4) is 0 Å². The molecule has 3 aliphatic rings. The van der Waals surface area contributed by atoms with E-state index in [1.807, 2.05) is 0 Å². The standard InChI is InChI=1S/C16H30N2O/c17-13-8-5-10-14(13)18-15-9-3-4-11-16(15)19-12-6-1-2-7-12/h12-16,18H,1-11,17H2. The molecular formula is C16H30N2O. The molecule has 0 aliphatic heterocycles. The molecule has 0 radical (unpaired) electrons. The summed E-state index contributed by atoms with van der Waals surface area (Å²) in [6.45, 7) is 0. The van der Waals surface area contributed by atoms with Gasteiger partial charge in [-0.2, -0.15) is 0 Å². The molecule has 3 nitrogen and oxygen atoms in total. The highest BCUT2D eigenvalue weighted by atomic mass is 16.5. The third kappa shape index (κ3) is 3.50. The van der Waals surface area contributed by atoms with Crippen molar-refractivity contribution in [3.05, 3.63) is 0 Å². The quantitative estimate of drug-likeness (QED) is 0.822. The molecule has 0 aromatic carbocycles. The maximum atomic E-state index is 6.41. The zero-order valence-electron chi connectivity index (χ0n) is 12.2. The van der Waals surface area contributed by atoms with Gasteiger partial charge in [-0.15, -0.1) is 0 Å². The molecule has 3 fully saturated rings. The summed E-state index contributed by atoms with van der Waals surface area (Å²) in [5, 5.41) is 3.84. The fourth-order valence-corrected chi connectivity index (χ4v) is 4.19. The average molecular weight is 266 g/mol. The fourth-order valence-electron chi connectivity index (χ4n) is 4.19. The Morgan fingerprint density at radius 3 is 2.16 bits per heavy atom. The van der Waals surface area contributed by atoms with E-state index in [0.717, 1.165) is 0 Å². The fraction of sp³-hybridized carbons (Fsp3) is 1.00. The maximum Gasteiger partial charge on any atom is 0.0731 e. The first-order valence-electron chi connectivity index (χ1n) is 8.50. The summed E-state index contributed by atoms with van der Waals surface area (Å²) in [6, 6.07) is 1.47. The third-order valence-corrected chi connectivity index (χ3v) is 5.37. The van der Waals surface area contributed by atoms with Crippen molar-refractivity contribution in [3.63, 3.8) is 0 Å². The number of hydrogen-bond donors (Lipinski definition) is 2. The molecule has 0 spiro atoms. The van der Waals surface area contributed by atoms with Crippen molar-refractivity contribution in [2.75, 3.05) is 0 Å². The Balaban J connectivity index is 1.53. The summed E-state index contributed by atoms with van der Waals surface area (Å²) in [5.74, 6) is 0. The Labute approximate surface area is 117 Å². The highest BCUT2D eigenvalue weighted by molar-refractivity contribution is 4.92. The summed E-state index contributed by atoms with van der Waals surface area (Å²) in [7, 11) is 0. The van der Waals surface area contributed by atoms with Crippen molar-refractivity contribution in [2.45, 2.75) is 101 Å². The Morgan fingerprint density at radius 2 is 1.42 bits per heavy atom. The SMILES string of the molecule is NC1CCCC1NC1CCCCC1OC1CCCC1. The van der Waals surface area contributed by atoms with Gasteiger partial charge in [-0.25, -0.2) is 0 Å². The molecule has 110 valence electrons. The van der Waals surface area contributed by atoms with Crippen molar-refractivity contribution in [1.29, 1.82) is 0 Å². The van der Waals surface area contributed by atoms with E-state index in [0.29, 0.717) is 30.3 Å². The first-order chi connectivity index (χ1) is 9.33. The van der Waals surface area contributed by atoms with Gasteiger partial charge < -0.3 is 15.8 Å². The molecule has 3 saturated carbocycles. The zero-order valence-corrected chi connectivity index (χ0v) is 12.2. The molecule has 4 unspecified atom stereocenters. The molecule has 0 heterocycles. The second kappa shape index (κ2) is 6.55. The van der Waals surface area contributed by atoms with Gasteiger partial charge in [0.05, 0.1) is 12.2 Å². The molecule has 19 heavy (non-hydrogen) atoms. The van der Waals surface area contributed by atoms with E-state index < -0.39 is 0 Å². The van der Waals surface area contributed by atoms with E-state index in [4.69, 9.17) is 10.5 Å². The molecule has 0 aromatic heterocycles. The number of hydrogen-bond acceptors (Lipinski definition) is 3. The lowest BCUT2D eigenvalue weighted by molar-refractivity contribution is -0.0455. The van der Waals surface area contributed by atoms with E-state index in [1.165, 1.54) is 70.6 Å². The van der Waals surface area contributed by atoms with Crippen LogP contribution in [-0.2, 0) is 4.74 Å². The molecule has 4 atom stereocenters. The van der Waals surface area contributed by atoms with Crippen LogP contribution in [0.5, 0.6) is 0 Å². The van der Waals surface area contributed by atoms with E-state index in [9.17, 15) is 0 Å². The molecule has 0 amide bonds. The molecule has 0 bridgehead atoms. The Kier molecular flexibility index (Phi) is 4.78. The van der Waals surface area contributed by atoms with Crippen LogP contribution in [-0.4, -0.2) is 30.3 Å². The summed E-state index contributed by atoms with van der Waals surface area (Å²) in [5.41, 5.74) is 6.20. The van der Waals surface area contributed by atoms with Crippen LogP contribution in [0.15, 0.2) is 0 Å². The normalized spacial score (nSPS) is 40.9. The predicted octanol–water partition coefficient (Wildman–Crippen LogP) is 2.73. The molecule has 0 aromatic rings. The van der Waals surface area contributed by atoms with E-state index in [-0.39, 0.29) is 0 Å². The van der Waals surface area contributed by atoms with Crippen molar-refractivity contribution in [2.24, 2.45) is 5.73 Å². The van der Waals surface area contributed by atoms with E-state index in [2.05, 4.69) is 5.32 Å². The van der Waals surface area contributed by atoms with Crippen molar-refractivity contribution in [3.8, 4) is 0 Å². The largest absolute Gasteiger partial charge is 0.373 e. The van der Waals surface area contributed by atoms with Crippen LogP contribution < -0.4 is 11.1 Å². The lowest BCUT2D eigenvalue weighted by Crippen LogP contribution is -2.52. The molecule has 3 N–H and O–H groups in total. The first kappa shape index (κ1) is 13.8. The highest BCUT2D eigenvalue weighted by Crippen LogP contribution is 2.29. The zero-order chi connectivity index (χ0) is 13.1. The van der Waals surface area contributed by atoms with Crippen LogP contribution in [0.4, 0.5) is 0 Å². The topological polar surface area (TPSA) is 47.3 Å². The average Bonchev–Trinajstić information content (AvgIpc) is 3.05. The molecular weight excluding hydrogens is 236 g/mol. The summed E-state index contributed by atoms with van der Waals surface area (Å²) in [4.78, 5) is 0. The Hall–Kier alpha value is -0.120. The second-order valence-electron chi connectivity index (χ2n) is 6.84. The summed E-state index contributed by atoms with van der Waals surface area (Å²) >= 11 is 0. The second-order valence-corrected chi connectivity index (χ2v) is 6.84. The number of nitrogens with two attached hydrogens (primary N) is 1. The first-order valence-corrected chi connectivity index (χ1v) is 8.50. The summed E-state index contributed by atoms with van der Waals surface area (Å²) < 4.78 is 6.41. The van der Waals surface area contributed by atoms with E-state index >= 15 is 0 Å².